The highest BCUT2D eigenvalue weighted by Gasteiger charge is 2.49. The van der Waals surface area contributed by atoms with Gasteiger partial charge in [0.25, 0.3) is 0 Å². The van der Waals surface area contributed by atoms with Crippen molar-refractivity contribution in [3.8, 4) is 0 Å². The summed E-state index contributed by atoms with van der Waals surface area (Å²) in [4.78, 5) is 13.2. The van der Waals surface area contributed by atoms with Crippen LogP contribution in [-0.2, 0) is 14.3 Å². The van der Waals surface area contributed by atoms with E-state index in [1.807, 2.05) is 20.8 Å². The number of hydrogen-bond acceptors (Lipinski definition) is 3. The molecule has 0 aliphatic rings. The number of unbranched alkanes of at least 4 members (excludes halogenated alkanes) is 1. The molecule has 30 heavy (non-hydrogen) atoms. The van der Waals surface area contributed by atoms with Gasteiger partial charge in [-0.05, 0) is 61.7 Å². The lowest BCUT2D eigenvalue weighted by atomic mass is 9.57. The van der Waals surface area contributed by atoms with Crippen LogP contribution in [0.2, 0.25) is 0 Å². The highest BCUT2D eigenvalue weighted by molar-refractivity contribution is 5.73. The largest absolute Gasteiger partial charge is 0.460 e. The first-order valence-electron chi connectivity index (χ1n) is 12.0. The van der Waals surface area contributed by atoms with E-state index in [1.165, 1.54) is 0 Å². The van der Waals surface area contributed by atoms with E-state index < -0.39 is 5.60 Å². The summed E-state index contributed by atoms with van der Waals surface area (Å²) in [6, 6.07) is 0. The van der Waals surface area contributed by atoms with Crippen LogP contribution in [0.5, 0.6) is 0 Å². The molecule has 0 bridgehead atoms. The topological polar surface area (TPSA) is 35.5 Å². The van der Waals surface area contributed by atoms with Crippen molar-refractivity contribution >= 4 is 5.97 Å². The third kappa shape index (κ3) is 9.71. The summed E-state index contributed by atoms with van der Waals surface area (Å²) in [6.45, 7) is 31.4. The SMILES string of the molecule is CCCCOC(CC(C)(C)C)C(C)(C)C(C)(C)CC(C(=O)OC(C)(C)C)C(C)(C)C. The van der Waals surface area contributed by atoms with Gasteiger partial charge in [0.05, 0.1) is 12.0 Å². The first-order chi connectivity index (χ1) is 13.1. The molecular weight excluding hydrogens is 372 g/mol. The molecule has 2 atom stereocenters. The molecule has 0 aliphatic heterocycles. The number of hydrogen-bond donors (Lipinski definition) is 0. The van der Waals surface area contributed by atoms with Gasteiger partial charge in [0.2, 0.25) is 0 Å². The summed E-state index contributed by atoms with van der Waals surface area (Å²) in [5.41, 5.74) is -0.668. The fraction of sp³-hybridized carbons (Fsp3) is 0.963. The number of carbonyl (C=O) groups is 1. The quantitative estimate of drug-likeness (QED) is 0.262. The van der Waals surface area contributed by atoms with Gasteiger partial charge in [0.1, 0.15) is 5.60 Å². The maximum absolute atomic E-state index is 13.2. The fourth-order valence-corrected chi connectivity index (χ4v) is 3.77. The predicted molar refractivity (Wildman–Crippen MR) is 130 cm³/mol. The Bertz CT molecular complexity index is 524. The normalized spacial score (nSPS) is 16.3. The van der Waals surface area contributed by atoms with E-state index in [0.29, 0.717) is 0 Å². The molecule has 0 aromatic heterocycles. The molecule has 0 radical (unpaired) electrons. The van der Waals surface area contributed by atoms with Crippen LogP contribution in [0.4, 0.5) is 0 Å². The maximum Gasteiger partial charge on any atom is 0.310 e. The second kappa shape index (κ2) is 10.4. The molecular formula is C27H54O3. The Labute approximate surface area is 189 Å². The van der Waals surface area contributed by atoms with Gasteiger partial charge in [-0.15, -0.1) is 0 Å². The summed E-state index contributed by atoms with van der Waals surface area (Å²) in [7, 11) is 0. The van der Waals surface area contributed by atoms with E-state index >= 15 is 0 Å². The van der Waals surface area contributed by atoms with E-state index in [-0.39, 0.29) is 39.7 Å². The Morgan fingerprint density at radius 3 is 1.67 bits per heavy atom. The van der Waals surface area contributed by atoms with Gasteiger partial charge >= 0.3 is 5.97 Å². The third-order valence-electron chi connectivity index (χ3n) is 6.62. The zero-order valence-electron chi connectivity index (χ0n) is 22.9. The van der Waals surface area contributed by atoms with E-state index in [4.69, 9.17) is 9.47 Å². The van der Waals surface area contributed by atoms with E-state index in [0.717, 1.165) is 32.3 Å². The summed E-state index contributed by atoms with van der Waals surface area (Å²) >= 11 is 0. The van der Waals surface area contributed by atoms with Crippen LogP contribution in [0, 0.1) is 27.6 Å². The summed E-state index contributed by atoms with van der Waals surface area (Å²) in [5, 5.41) is 0. The third-order valence-corrected chi connectivity index (χ3v) is 6.62. The van der Waals surface area contributed by atoms with Crippen LogP contribution in [0.25, 0.3) is 0 Å². The minimum absolute atomic E-state index is 0.0850. The van der Waals surface area contributed by atoms with Gasteiger partial charge in [-0.1, -0.05) is 82.6 Å². The van der Waals surface area contributed by atoms with Gasteiger partial charge < -0.3 is 9.47 Å². The minimum atomic E-state index is -0.474. The lowest BCUT2D eigenvalue weighted by molar-refractivity contribution is -0.169. The van der Waals surface area contributed by atoms with Gasteiger partial charge in [-0.3, -0.25) is 4.79 Å². The lowest BCUT2D eigenvalue weighted by Crippen LogP contribution is -2.48. The van der Waals surface area contributed by atoms with Crippen molar-refractivity contribution in [2.75, 3.05) is 6.61 Å². The molecule has 0 fully saturated rings. The monoisotopic (exact) mass is 426 g/mol. The summed E-state index contributed by atoms with van der Waals surface area (Å²) < 4.78 is 12.3. The summed E-state index contributed by atoms with van der Waals surface area (Å²) in [6.07, 6.45) is 4.13. The van der Waals surface area contributed by atoms with Crippen LogP contribution >= 0.6 is 0 Å². The Balaban J connectivity index is 5.87. The Kier molecular flexibility index (Phi) is 10.2. The van der Waals surface area contributed by atoms with Crippen molar-refractivity contribution in [2.45, 2.75) is 134 Å². The van der Waals surface area contributed by atoms with Crippen molar-refractivity contribution < 1.29 is 14.3 Å². The van der Waals surface area contributed by atoms with Crippen molar-refractivity contribution in [2.24, 2.45) is 27.6 Å². The second-order valence-electron chi connectivity index (χ2n) is 13.7. The molecule has 0 saturated carbocycles. The Morgan fingerprint density at radius 2 is 1.30 bits per heavy atom. The zero-order chi connectivity index (χ0) is 24.2. The molecule has 3 heteroatoms. The maximum atomic E-state index is 13.2. The minimum Gasteiger partial charge on any atom is -0.460 e. The first-order valence-corrected chi connectivity index (χ1v) is 12.0. The second-order valence-corrected chi connectivity index (χ2v) is 13.7. The first kappa shape index (κ1) is 29.4. The van der Waals surface area contributed by atoms with E-state index in [9.17, 15) is 4.79 Å². The standard InChI is InChI=1S/C27H54O3/c1-15-16-17-29-21(19-23(2,3)4)27(13,14)26(11,12)18-20(24(5,6)7)22(28)30-25(8,9)10/h20-21H,15-19H2,1-14H3. The van der Waals surface area contributed by atoms with Gasteiger partial charge in [-0.2, -0.15) is 0 Å². The number of esters is 1. The van der Waals surface area contributed by atoms with Gasteiger partial charge in [0, 0.05) is 6.61 Å². The zero-order valence-corrected chi connectivity index (χ0v) is 22.9. The lowest BCUT2D eigenvalue weighted by Gasteiger charge is -2.50. The van der Waals surface area contributed by atoms with E-state index in [2.05, 4.69) is 76.2 Å². The molecule has 0 heterocycles. The molecule has 3 nitrogen and oxygen atoms in total. The van der Waals surface area contributed by atoms with Crippen molar-refractivity contribution in [3.05, 3.63) is 0 Å². The Hall–Kier alpha value is -0.570. The molecule has 0 N–H and O–H groups in total. The number of rotatable bonds is 10. The molecule has 0 saturated heterocycles. The van der Waals surface area contributed by atoms with Crippen molar-refractivity contribution in [1.29, 1.82) is 0 Å². The van der Waals surface area contributed by atoms with Crippen LogP contribution in [-0.4, -0.2) is 24.3 Å². The van der Waals surface area contributed by atoms with Crippen molar-refractivity contribution in [1.82, 2.24) is 0 Å². The Morgan fingerprint density at radius 1 is 0.800 bits per heavy atom. The average molecular weight is 427 g/mol. The fourth-order valence-electron chi connectivity index (χ4n) is 3.77. The summed E-state index contributed by atoms with van der Waals surface area (Å²) in [5.74, 6) is -0.255. The van der Waals surface area contributed by atoms with Gasteiger partial charge in [-0.25, -0.2) is 0 Å². The molecule has 0 spiro atoms. The average Bonchev–Trinajstić information content (AvgIpc) is 2.47. The highest BCUT2D eigenvalue weighted by atomic mass is 16.6. The highest BCUT2D eigenvalue weighted by Crippen LogP contribution is 2.51. The van der Waals surface area contributed by atoms with Crippen LogP contribution in [0.3, 0.4) is 0 Å². The van der Waals surface area contributed by atoms with Crippen molar-refractivity contribution in [3.63, 3.8) is 0 Å². The molecule has 0 amide bonds. The molecule has 2 unspecified atom stereocenters. The van der Waals surface area contributed by atoms with E-state index in [1.54, 1.807) is 0 Å². The van der Waals surface area contributed by atoms with Crippen LogP contribution in [0.15, 0.2) is 0 Å². The predicted octanol–water partition coefficient (Wildman–Crippen LogP) is 8.05. The van der Waals surface area contributed by atoms with Crippen LogP contribution in [0.1, 0.15) is 123 Å². The number of carbonyl (C=O) groups excluding carboxylic acids is 1. The molecule has 0 rings (SSSR count). The molecule has 0 aliphatic carbocycles. The molecule has 0 aromatic rings. The molecule has 180 valence electrons. The van der Waals surface area contributed by atoms with Gasteiger partial charge in [0.15, 0.2) is 0 Å². The smallest absolute Gasteiger partial charge is 0.310 e. The number of ether oxygens (including phenoxy) is 2. The van der Waals surface area contributed by atoms with Crippen LogP contribution < -0.4 is 0 Å². The molecule has 0 aromatic carbocycles.